The van der Waals surface area contributed by atoms with Crippen molar-refractivity contribution in [1.29, 1.82) is 0 Å². The van der Waals surface area contributed by atoms with Crippen LogP contribution < -0.4 is 5.32 Å². The van der Waals surface area contributed by atoms with Crippen LogP contribution in [-0.2, 0) is 0 Å². The number of nitrogens with one attached hydrogen (secondary N) is 1. The number of rotatable bonds is 5. The van der Waals surface area contributed by atoms with Crippen molar-refractivity contribution in [3.8, 4) is 0 Å². The van der Waals surface area contributed by atoms with Crippen LogP contribution in [0.3, 0.4) is 0 Å². The third-order valence-corrected chi connectivity index (χ3v) is 3.99. The van der Waals surface area contributed by atoms with Crippen LogP contribution >= 0.6 is 11.3 Å². The zero-order valence-electron chi connectivity index (χ0n) is 12.1. The highest BCUT2D eigenvalue weighted by atomic mass is 32.1. The molecule has 98 valence electrons. The molecule has 0 saturated carbocycles. The minimum atomic E-state index is 0.332. The van der Waals surface area contributed by atoms with E-state index in [1.807, 2.05) is 11.3 Å². The van der Waals surface area contributed by atoms with Gasteiger partial charge in [-0.3, -0.25) is 0 Å². The minimum absolute atomic E-state index is 0.332. The molecule has 0 spiro atoms. The van der Waals surface area contributed by atoms with E-state index >= 15 is 0 Å². The fraction of sp³-hybridized carbons (Fsp3) is 0.786. The predicted octanol–water partition coefficient (Wildman–Crippen LogP) is 4.24. The molecule has 0 radical (unpaired) electrons. The molecule has 2 nitrogen and oxygen atoms in total. The Morgan fingerprint density at radius 3 is 2.35 bits per heavy atom. The second-order valence-electron chi connectivity index (χ2n) is 5.97. The van der Waals surface area contributed by atoms with Crippen molar-refractivity contribution in [2.75, 3.05) is 6.54 Å². The SMILES string of the molecule is CCCNC(CC(C)(C)C)c1nc(C)c(C)s1. The topological polar surface area (TPSA) is 24.9 Å². The summed E-state index contributed by atoms with van der Waals surface area (Å²) in [7, 11) is 0. The molecule has 1 rings (SSSR count). The maximum absolute atomic E-state index is 4.70. The highest BCUT2D eigenvalue weighted by molar-refractivity contribution is 7.11. The van der Waals surface area contributed by atoms with Gasteiger partial charge in [-0.15, -0.1) is 11.3 Å². The maximum Gasteiger partial charge on any atom is 0.110 e. The number of hydrogen-bond donors (Lipinski definition) is 1. The summed E-state index contributed by atoms with van der Waals surface area (Å²) >= 11 is 1.84. The Morgan fingerprint density at radius 1 is 1.29 bits per heavy atom. The summed E-state index contributed by atoms with van der Waals surface area (Å²) < 4.78 is 0. The number of nitrogens with zero attached hydrogens (tertiary/aromatic N) is 1. The standard InChI is InChI=1S/C14H26N2S/c1-7-8-15-12(9-14(4,5)6)13-16-10(2)11(3)17-13/h12,15H,7-9H2,1-6H3. The molecule has 0 aliphatic heterocycles. The molecule has 0 amide bonds. The number of aromatic nitrogens is 1. The Balaban J connectivity index is 2.81. The summed E-state index contributed by atoms with van der Waals surface area (Å²) in [5, 5.41) is 4.88. The summed E-state index contributed by atoms with van der Waals surface area (Å²) in [6, 6.07) is 0.410. The highest BCUT2D eigenvalue weighted by Crippen LogP contribution is 2.32. The summed E-state index contributed by atoms with van der Waals surface area (Å²) in [4.78, 5) is 6.05. The molecule has 0 aromatic carbocycles. The van der Waals surface area contributed by atoms with Gasteiger partial charge in [-0.1, -0.05) is 27.7 Å². The smallest absolute Gasteiger partial charge is 0.110 e. The Morgan fingerprint density at radius 2 is 1.94 bits per heavy atom. The summed E-state index contributed by atoms with van der Waals surface area (Å²) in [5.74, 6) is 0. The Kier molecular flexibility index (Phi) is 5.14. The average molecular weight is 254 g/mol. The molecular formula is C14H26N2S. The van der Waals surface area contributed by atoms with Crippen LogP contribution in [0.1, 0.15) is 62.2 Å². The van der Waals surface area contributed by atoms with Gasteiger partial charge in [-0.2, -0.15) is 0 Å². The molecule has 1 aromatic rings. The van der Waals surface area contributed by atoms with Crippen molar-refractivity contribution in [3.05, 3.63) is 15.6 Å². The van der Waals surface area contributed by atoms with E-state index in [2.05, 4.69) is 46.9 Å². The van der Waals surface area contributed by atoms with Gasteiger partial charge in [-0.25, -0.2) is 4.98 Å². The molecule has 0 fully saturated rings. The van der Waals surface area contributed by atoms with E-state index in [4.69, 9.17) is 4.98 Å². The monoisotopic (exact) mass is 254 g/mol. The molecule has 1 heterocycles. The van der Waals surface area contributed by atoms with Crippen molar-refractivity contribution >= 4 is 11.3 Å². The zero-order valence-corrected chi connectivity index (χ0v) is 12.9. The molecule has 0 saturated heterocycles. The van der Waals surface area contributed by atoms with Crippen LogP contribution in [0.5, 0.6) is 0 Å². The van der Waals surface area contributed by atoms with Crippen molar-refractivity contribution in [1.82, 2.24) is 10.3 Å². The van der Waals surface area contributed by atoms with Crippen molar-refractivity contribution in [3.63, 3.8) is 0 Å². The summed E-state index contributed by atoms with van der Waals surface area (Å²) in [5.41, 5.74) is 1.51. The lowest BCUT2D eigenvalue weighted by molar-refractivity contribution is 0.311. The largest absolute Gasteiger partial charge is 0.308 e. The van der Waals surface area contributed by atoms with E-state index in [-0.39, 0.29) is 0 Å². The van der Waals surface area contributed by atoms with Gasteiger partial charge in [0.25, 0.3) is 0 Å². The fourth-order valence-electron chi connectivity index (χ4n) is 1.82. The van der Waals surface area contributed by atoms with Gasteiger partial charge in [0.1, 0.15) is 5.01 Å². The number of hydrogen-bond acceptors (Lipinski definition) is 3. The predicted molar refractivity (Wildman–Crippen MR) is 76.7 cm³/mol. The van der Waals surface area contributed by atoms with E-state index in [1.54, 1.807) is 0 Å². The van der Waals surface area contributed by atoms with E-state index in [1.165, 1.54) is 22.0 Å². The number of thiazole rings is 1. The van der Waals surface area contributed by atoms with E-state index in [9.17, 15) is 0 Å². The second-order valence-corrected chi connectivity index (χ2v) is 7.20. The van der Waals surface area contributed by atoms with Crippen LogP contribution in [0.15, 0.2) is 0 Å². The van der Waals surface area contributed by atoms with E-state index in [0.717, 1.165) is 13.0 Å². The van der Waals surface area contributed by atoms with Gasteiger partial charge in [0, 0.05) is 4.88 Å². The molecule has 1 aromatic heterocycles. The van der Waals surface area contributed by atoms with Crippen molar-refractivity contribution < 1.29 is 0 Å². The molecule has 17 heavy (non-hydrogen) atoms. The lowest BCUT2D eigenvalue weighted by Crippen LogP contribution is -2.26. The van der Waals surface area contributed by atoms with Crippen LogP contribution in [0.4, 0.5) is 0 Å². The molecule has 0 aliphatic rings. The molecule has 0 aliphatic carbocycles. The quantitative estimate of drug-likeness (QED) is 0.850. The molecule has 1 atom stereocenters. The van der Waals surface area contributed by atoms with Crippen LogP contribution in [0.25, 0.3) is 0 Å². The first kappa shape index (κ1) is 14.7. The normalized spacial score (nSPS) is 14.0. The summed E-state index contributed by atoms with van der Waals surface area (Å²) in [6.45, 7) is 14.4. The lowest BCUT2D eigenvalue weighted by Gasteiger charge is -2.25. The third kappa shape index (κ3) is 4.76. The van der Waals surface area contributed by atoms with Crippen molar-refractivity contribution in [2.45, 2.75) is 60.4 Å². The average Bonchev–Trinajstić information content (AvgIpc) is 2.52. The Bertz CT molecular complexity index is 330. The van der Waals surface area contributed by atoms with Gasteiger partial charge in [0.15, 0.2) is 0 Å². The molecule has 0 bridgehead atoms. The molecule has 3 heteroatoms. The van der Waals surface area contributed by atoms with Crippen LogP contribution in [0.2, 0.25) is 0 Å². The lowest BCUT2D eigenvalue weighted by atomic mass is 9.88. The molecular weight excluding hydrogens is 228 g/mol. The van der Waals surface area contributed by atoms with Crippen molar-refractivity contribution in [2.24, 2.45) is 5.41 Å². The molecule has 1 N–H and O–H groups in total. The van der Waals surface area contributed by atoms with Gasteiger partial charge in [0.2, 0.25) is 0 Å². The zero-order chi connectivity index (χ0) is 13.1. The van der Waals surface area contributed by atoms with E-state index < -0.39 is 0 Å². The van der Waals surface area contributed by atoms with Gasteiger partial charge in [0.05, 0.1) is 11.7 Å². The molecule has 1 unspecified atom stereocenters. The van der Waals surface area contributed by atoms with Crippen LogP contribution in [0, 0.1) is 19.3 Å². The minimum Gasteiger partial charge on any atom is -0.308 e. The second kappa shape index (κ2) is 5.96. The Labute approximate surface area is 110 Å². The highest BCUT2D eigenvalue weighted by Gasteiger charge is 2.22. The number of aryl methyl sites for hydroxylation is 2. The van der Waals surface area contributed by atoms with Gasteiger partial charge in [-0.05, 0) is 38.6 Å². The van der Waals surface area contributed by atoms with Gasteiger partial charge < -0.3 is 5.32 Å². The first-order chi connectivity index (χ1) is 7.83. The van der Waals surface area contributed by atoms with Gasteiger partial charge >= 0.3 is 0 Å². The Hall–Kier alpha value is -0.410. The fourth-order valence-corrected chi connectivity index (χ4v) is 2.82. The van der Waals surface area contributed by atoms with Crippen LogP contribution in [-0.4, -0.2) is 11.5 Å². The maximum atomic E-state index is 4.70. The summed E-state index contributed by atoms with van der Waals surface area (Å²) in [6.07, 6.45) is 2.31. The first-order valence-electron chi connectivity index (χ1n) is 6.51. The third-order valence-electron chi connectivity index (χ3n) is 2.80. The van der Waals surface area contributed by atoms with E-state index in [0.29, 0.717) is 11.5 Å². The first-order valence-corrected chi connectivity index (χ1v) is 7.32.